The van der Waals surface area contributed by atoms with Gasteiger partial charge in [-0.15, -0.1) is 0 Å². The summed E-state index contributed by atoms with van der Waals surface area (Å²) in [6.45, 7) is 0.284. The molecule has 0 bridgehead atoms. The number of nitrogens with one attached hydrogen (secondary N) is 2. The van der Waals surface area contributed by atoms with Crippen molar-refractivity contribution < 1.29 is 27.8 Å². The summed E-state index contributed by atoms with van der Waals surface area (Å²) in [4.78, 5) is 25.2. The molecule has 0 aromatic heterocycles. The second-order valence-corrected chi connectivity index (χ2v) is 6.87. The summed E-state index contributed by atoms with van der Waals surface area (Å²) in [6.07, 6.45) is 0.0809. The van der Waals surface area contributed by atoms with E-state index in [0.29, 0.717) is 11.4 Å². The molecule has 0 spiro atoms. The molecule has 29 heavy (non-hydrogen) atoms. The van der Waals surface area contributed by atoms with Crippen LogP contribution in [-0.4, -0.2) is 38.1 Å². The smallest absolute Gasteiger partial charge is 0.262 e. The minimum Gasteiger partial charge on any atom is -0.489 e. The van der Waals surface area contributed by atoms with Gasteiger partial charge < -0.3 is 25.0 Å². The molecule has 2 heterocycles. The molecule has 1 atom stereocenters. The van der Waals surface area contributed by atoms with Gasteiger partial charge in [-0.1, -0.05) is 6.07 Å². The Labute approximate surface area is 165 Å². The number of fused-ring (bicyclic) bond motifs is 2. The van der Waals surface area contributed by atoms with Crippen molar-refractivity contribution in [2.45, 2.75) is 19.0 Å². The predicted octanol–water partition coefficient (Wildman–Crippen LogP) is 2.20. The molecule has 2 aliphatic heterocycles. The highest BCUT2D eigenvalue weighted by Crippen LogP contribution is 2.39. The topological polar surface area (TPSA) is 79.9 Å². The Hall–Kier alpha value is -3.36. The molecule has 0 radical (unpaired) electrons. The maximum absolute atomic E-state index is 14.7. The van der Waals surface area contributed by atoms with Gasteiger partial charge in [0.1, 0.15) is 29.6 Å². The van der Waals surface area contributed by atoms with Gasteiger partial charge in [-0.25, -0.2) is 8.78 Å². The van der Waals surface area contributed by atoms with Crippen LogP contribution in [0.4, 0.5) is 20.2 Å². The quantitative estimate of drug-likeness (QED) is 0.818. The summed E-state index contributed by atoms with van der Waals surface area (Å²) in [5.74, 6) is -1.35. The average molecular weight is 403 g/mol. The number of hydrogen-bond donors (Lipinski definition) is 2. The number of amides is 2. The lowest BCUT2D eigenvalue weighted by Gasteiger charge is -2.38. The summed E-state index contributed by atoms with van der Waals surface area (Å²) in [7, 11) is 1.52. The number of ether oxygens (including phenoxy) is 2. The van der Waals surface area contributed by atoms with Gasteiger partial charge >= 0.3 is 0 Å². The van der Waals surface area contributed by atoms with Crippen LogP contribution in [-0.2, 0) is 16.1 Å². The summed E-state index contributed by atoms with van der Waals surface area (Å²) >= 11 is 0. The lowest BCUT2D eigenvalue weighted by Crippen LogP contribution is -2.45. The molecular formula is C20H19F2N3O4. The monoisotopic (exact) mass is 403 g/mol. The molecule has 152 valence electrons. The Morgan fingerprint density at radius 3 is 2.86 bits per heavy atom. The van der Waals surface area contributed by atoms with E-state index in [1.165, 1.54) is 7.05 Å². The Bertz CT molecular complexity index is 982. The van der Waals surface area contributed by atoms with Crippen LogP contribution in [0.3, 0.4) is 0 Å². The maximum Gasteiger partial charge on any atom is 0.262 e. The molecule has 2 aliphatic rings. The maximum atomic E-state index is 14.7. The highest BCUT2D eigenvalue weighted by atomic mass is 19.1. The summed E-state index contributed by atoms with van der Waals surface area (Å²) in [6, 6.07) is 6.72. The largest absolute Gasteiger partial charge is 0.489 e. The zero-order valence-corrected chi connectivity index (χ0v) is 15.6. The molecule has 2 N–H and O–H groups in total. The van der Waals surface area contributed by atoms with Crippen LogP contribution in [0.15, 0.2) is 30.3 Å². The van der Waals surface area contributed by atoms with Crippen LogP contribution in [0.2, 0.25) is 0 Å². The molecule has 0 unspecified atom stereocenters. The number of benzene rings is 2. The first-order chi connectivity index (χ1) is 13.9. The predicted molar refractivity (Wildman–Crippen MR) is 101 cm³/mol. The zero-order valence-electron chi connectivity index (χ0n) is 15.6. The molecule has 0 fully saturated rings. The fourth-order valence-corrected chi connectivity index (χ4v) is 3.51. The van der Waals surface area contributed by atoms with Gasteiger partial charge in [0.15, 0.2) is 12.4 Å². The molecule has 2 amide bonds. The van der Waals surface area contributed by atoms with E-state index in [1.54, 1.807) is 23.1 Å². The van der Waals surface area contributed by atoms with Gasteiger partial charge in [-0.3, -0.25) is 9.59 Å². The Balaban J connectivity index is 1.69. The molecule has 9 heteroatoms. The van der Waals surface area contributed by atoms with E-state index < -0.39 is 17.7 Å². The Morgan fingerprint density at radius 2 is 2.07 bits per heavy atom. The third-order valence-corrected chi connectivity index (χ3v) is 4.88. The van der Waals surface area contributed by atoms with Crippen LogP contribution < -0.4 is 25.0 Å². The third kappa shape index (κ3) is 3.80. The van der Waals surface area contributed by atoms with Crippen molar-refractivity contribution in [2.24, 2.45) is 0 Å². The number of rotatable bonds is 4. The summed E-state index contributed by atoms with van der Waals surface area (Å²) in [5, 5.41) is 5.28. The zero-order chi connectivity index (χ0) is 20.5. The number of halogens is 2. The van der Waals surface area contributed by atoms with Crippen molar-refractivity contribution in [1.82, 2.24) is 5.32 Å². The fourth-order valence-electron chi connectivity index (χ4n) is 3.51. The minimum atomic E-state index is -0.767. The van der Waals surface area contributed by atoms with Crippen LogP contribution in [0.25, 0.3) is 0 Å². The number of carbonyl (C=O) groups is 2. The second kappa shape index (κ2) is 7.57. The highest BCUT2D eigenvalue weighted by molar-refractivity contribution is 5.95. The van der Waals surface area contributed by atoms with Crippen LogP contribution in [0, 0.1) is 11.6 Å². The van der Waals surface area contributed by atoms with E-state index in [4.69, 9.17) is 9.47 Å². The molecule has 0 aliphatic carbocycles. The molecule has 7 nitrogen and oxygen atoms in total. The summed E-state index contributed by atoms with van der Waals surface area (Å²) < 4.78 is 39.2. The first-order valence-corrected chi connectivity index (χ1v) is 9.09. The first-order valence-electron chi connectivity index (χ1n) is 9.09. The van der Waals surface area contributed by atoms with Crippen LogP contribution >= 0.6 is 0 Å². The minimum absolute atomic E-state index is 0.0475. The van der Waals surface area contributed by atoms with Crippen molar-refractivity contribution in [3.63, 3.8) is 0 Å². The third-order valence-electron chi connectivity index (χ3n) is 4.88. The average Bonchev–Trinajstić information content (AvgIpc) is 2.68. The van der Waals surface area contributed by atoms with E-state index in [9.17, 15) is 18.4 Å². The van der Waals surface area contributed by atoms with E-state index in [2.05, 4.69) is 10.6 Å². The molecule has 0 saturated carbocycles. The van der Waals surface area contributed by atoms with Crippen molar-refractivity contribution in [1.29, 1.82) is 0 Å². The van der Waals surface area contributed by atoms with Crippen molar-refractivity contribution >= 4 is 23.2 Å². The van der Waals surface area contributed by atoms with Crippen molar-refractivity contribution in [2.75, 3.05) is 30.5 Å². The van der Waals surface area contributed by atoms with Gasteiger partial charge in [0.25, 0.3) is 5.91 Å². The van der Waals surface area contributed by atoms with E-state index in [1.807, 2.05) is 0 Å². The van der Waals surface area contributed by atoms with Crippen molar-refractivity contribution in [3.8, 4) is 11.5 Å². The van der Waals surface area contributed by atoms with E-state index in [0.717, 1.165) is 17.7 Å². The molecular weight excluding hydrogens is 384 g/mol. The standard InChI is InChI=1S/C20H19F2N3O4/c1-23-18(26)7-13-9-28-17-6-12(21)5-14(22)20(17)25(13)8-11-2-3-16-15(4-11)24-19(27)10-29-16/h2-6,13H,7-10H2,1H3,(H,23,26)(H,24,27)/t13-/m0/s1. The SMILES string of the molecule is CNC(=O)C[C@H]1COc2cc(F)cc(F)c2N1Cc1ccc2c(c1)NC(=O)CO2. The van der Waals surface area contributed by atoms with Crippen LogP contribution in [0.1, 0.15) is 12.0 Å². The molecule has 2 aromatic carbocycles. The van der Waals surface area contributed by atoms with E-state index in [-0.39, 0.29) is 49.4 Å². The van der Waals surface area contributed by atoms with Gasteiger partial charge in [0.2, 0.25) is 5.91 Å². The molecule has 4 rings (SSSR count). The highest BCUT2D eigenvalue weighted by Gasteiger charge is 2.32. The second-order valence-electron chi connectivity index (χ2n) is 6.87. The Kier molecular flexibility index (Phi) is 4.96. The first kappa shape index (κ1) is 19.0. The van der Waals surface area contributed by atoms with Gasteiger partial charge in [0, 0.05) is 25.7 Å². The lowest BCUT2D eigenvalue weighted by atomic mass is 10.0. The number of nitrogens with zero attached hydrogens (tertiary/aromatic N) is 1. The van der Waals surface area contributed by atoms with Crippen molar-refractivity contribution in [3.05, 3.63) is 47.5 Å². The molecule has 0 saturated heterocycles. The van der Waals surface area contributed by atoms with Gasteiger partial charge in [0.05, 0.1) is 18.2 Å². The number of hydrogen-bond acceptors (Lipinski definition) is 5. The van der Waals surface area contributed by atoms with Gasteiger partial charge in [-0.2, -0.15) is 0 Å². The number of anilines is 2. The van der Waals surface area contributed by atoms with Crippen LogP contribution in [0.5, 0.6) is 11.5 Å². The summed E-state index contributed by atoms with van der Waals surface area (Å²) in [5.41, 5.74) is 1.38. The normalized spacial score (nSPS) is 17.4. The fraction of sp³-hybridized carbons (Fsp3) is 0.300. The lowest BCUT2D eigenvalue weighted by molar-refractivity contribution is -0.121. The van der Waals surface area contributed by atoms with Gasteiger partial charge in [-0.05, 0) is 17.7 Å². The number of carbonyl (C=O) groups excluding carboxylic acids is 2. The molecule has 2 aromatic rings. The Morgan fingerprint density at radius 1 is 1.24 bits per heavy atom. The van der Waals surface area contributed by atoms with E-state index >= 15 is 0 Å².